The van der Waals surface area contributed by atoms with Crippen molar-refractivity contribution in [1.82, 2.24) is 4.98 Å². The van der Waals surface area contributed by atoms with Crippen LogP contribution >= 0.6 is 0 Å². The molecule has 12 heavy (non-hydrogen) atoms. The Labute approximate surface area is 73.8 Å². The van der Waals surface area contributed by atoms with Crippen LogP contribution in [0.5, 0.6) is 0 Å². The van der Waals surface area contributed by atoms with E-state index < -0.39 is 0 Å². The lowest BCUT2D eigenvalue weighted by atomic mass is 10.0. The van der Waals surface area contributed by atoms with Crippen molar-refractivity contribution in [3.8, 4) is 0 Å². The number of nitrogens with zero attached hydrogens (tertiary/aromatic N) is 1. The van der Waals surface area contributed by atoms with Gasteiger partial charge in [-0.15, -0.1) is 0 Å². The summed E-state index contributed by atoms with van der Waals surface area (Å²) in [5, 5.41) is 0. The Bertz CT molecular complexity index is 245. The van der Waals surface area contributed by atoms with Gasteiger partial charge in [-0.05, 0) is 43.5 Å². The van der Waals surface area contributed by atoms with Crippen molar-refractivity contribution in [3.63, 3.8) is 0 Å². The minimum absolute atomic E-state index is 0.481. The van der Waals surface area contributed by atoms with Crippen molar-refractivity contribution >= 4 is 0 Å². The summed E-state index contributed by atoms with van der Waals surface area (Å²) in [5.41, 5.74) is 7.90. The molecule has 2 heteroatoms. The van der Waals surface area contributed by atoms with Crippen LogP contribution in [0.3, 0.4) is 0 Å². The summed E-state index contributed by atoms with van der Waals surface area (Å²) in [6.45, 7) is 4.98. The summed E-state index contributed by atoms with van der Waals surface area (Å²) >= 11 is 0. The highest BCUT2D eigenvalue weighted by atomic mass is 14.7. The molecular formula is C10H16N2. The van der Waals surface area contributed by atoms with Gasteiger partial charge in [0.15, 0.2) is 0 Å². The SMILES string of the molecule is Cc1ccnc(C(C)CCN)c1. The maximum absolute atomic E-state index is 5.48. The molecule has 0 spiro atoms. The molecule has 1 rings (SSSR count). The van der Waals surface area contributed by atoms with Crippen molar-refractivity contribution < 1.29 is 0 Å². The maximum atomic E-state index is 5.48. The third-order valence-electron chi connectivity index (χ3n) is 2.04. The van der Waals surface area contributed by atoms with E-state index in [1.807, 2.05) is 12.3 Å². The van der Waals surface area contributed by atoms with E-state index in [2.05, 4.69) is 24.9 Å². The van der Waals surface area contributed by atoms with Gasteiger partial charge < -0.3 is 5.73 Å². The van der Waals surface area contributed by atoms with Crippen LogP contribution in [0.4, 0.5) is 0 Å². The lowest BCUT2D eigenvalue weighted by Crippen LogP contribution is -2.05. The third-order valence-corrected chi connectivity index (χ3v) is 2.04. The number of nitrogens with two attached hydrogens (primary N) is 1. The molecule has 0 radical (unpaired) electrons. The van der Waals surface area contributed by atoms with Gasteiger partial charge in [0.25, 0.3) is 0 Å². The smallest absolute Gasteiger partial charge is 0.0434 e. The first-order chi connectivity index (χ1) is 5.74. The van der Waals surface area contributed by atoms with E-state index in [-0.39, 0.29) is 0 Å². The van der Waals surface area contributed by atoms with Crippen molar-refractivity contribution in [2.24, 2.45) is 5.73 Å². The summed E-state index contributed by atoms with van der Waals surface area (Å²) in [7, 11) is 0. The lowest BCUT2D eigenvalue weighted by molar-refractivity contribution is 0.670. The van der Waals surface area contributed by atoms with Gasteiger partial charge >= 0.3 is 0 Å². The van der Waals surface area contributed by atoms with E-state index in [9.17, 15) is 0 Å². The fourth-order valence-electron chi connectivity index (χ4n) is 1.23. The molecule has 0 aliphatic rings. The third kappa shape index (κ3) is 2.31. The molecule has 1 unspecified atom stereocenters. The molecule has 0 aliphatic heterocycles. The van der Waals surface area contributed by atoms with E-state index >= 15 is 0 Å². The molecule has 1 atom stereocenters. The molecule has 2 nitrogen and oxygen atoms in total. The first kappa shape index (κ1) is 9.20. The zero-order valence-corrected chi connectivity index (χ0v) is 7.75. The average molecular weight is 164 g/mol. The van der Waals surface area contributed by atoms with Gasteiger partial charge in [0.1, 0.15) is 0 Å². The fraction of sp³-hybridized carbons (Fsp3) is 0.500. The molecule has 2 N–H and O–H groups in total. The normalized spacial score (nSPS) is 12.9. The van der Waals surface area contributed by atoms with Crippen molar-refractivity contribution in [3.05, 3.63) is 29.6 Å². The van der Waals surface area contributed by atoms with E-state index in [1.165, 1.54) is 5.56 Å². The largest absolute Gasteiger partial charge is 0.330 e. The average Bonchev–Trinajstić information content (AvgIpc) is 2.05. The van der Waals surface area contributed by atoms with Gasteiger partial charge in [-0.1, -0.05) is 6.92 Å². The fourth-order valence-corrected chi connectivity index (χ4v) is 1.23. The highest BCUT2D eigenvalue weighted by molar-refractivity contribution is 5.17. The van der Waals surface area contributed by atoms with Crippen LogP contribution in [0.1, 0.15) is 30.5 Å². The second kappa shape index (κ2) is 4.21. The Balaban J connectivity index is 2.73. The molecule has 1 aromatic rings. The number of hydrogen-bond donors (Lipinski definition) is 1. The highest BCUT2D eigenvalue weighted by Crippen LogP contribution is 2.15. The summed E-state index contributed by atoms with van der Waals surface area (Å²) in [6, 6.07) is 4.14. The summed E-state index contributed by atoms with van der Waals surface area (Å²) in [5.74, 6) is 0.481. The van der Waals surface area contributed by atoms with E-state index in [4.69, 9.17) is 5.73 Å². The number of hydrogen-bond acceptors (Lipinski definition) is 2. The summed E-state index contributed by atoms with van der Waals surface area (Å²) in [6.07, 6.45) is 2.87. The van der Waals surface area contributed by atoms with Crippen LogP contribution in [0.25, 0.3) is 0 Å². The van der Waals surface area contributed by atoms with Gasteiger partial charge in [0, 0.05) is 11.9 Å². The monoisotopic (exact) mass is 164 g/mol. The molecule has 0 saturated heterocycles. The van der Waals surface area contributed by atoms with Crippen molar-refractivity contribution in [1.29, 1.82) is 0 Å². The number of pyridine rings is 1. The predicted octanol–water partition coefficient (Wildman–Crippen LogP) is 1.84. The summed E-state index contributed by atoms with van der Waals surface area (Å²) < 4.78 is 0. The molecule has 0 fully saturated rings. The minimum atomic E-state index is 0.481. The number of aryl methyl sites for hydroxylation is 1. The maximum Gasteiger partial charge on any atom is 0.0434 e. The van der Waals surface area contributed by atoms with Gasteiger partial charge in [0.05, 0.1) is 0 Å². The van der Waals surface area contributed by atoms with Crippen LogP contribution < -0.4 is 5.73 Å². The highest BCUT2D eigenvalue weighted by Gasteiger charge is 2.04. The Kier molecular flexibility index (Phi) is 3.23. The van der Waals surface area contributed by atoms with Gasteiger partial charge in [0.2, 0.25) is 0 Å². The first-order valence-electron chi connectivity index (χ1n) is 4.36. The van der Waals surface area contributed by atoms with Gasteiger partial charge in [-0.2, -0.15) is 0 Å². The molecule has 0 aliphatic carbocycles. The molecular weight excluding hydrogens is 148 g/mol. The second-order valence-corrected chi connectivity index (χ2v) is 3.24. The van der Waals surface area contributed by atoms with Crippen LogP contribution in [0, 0.1) is 6.92 Å². The summed E-state index contributed by atoms with van der Waals surface area (Å²) in [4.78, 5) is 4.30. The van der Waals surface area contributed by atoms with E-state index in [0.717, 1.165) is 18.7 Å². The standard InChI is InChI=1S/C10H16N2/c1-8-4-6-12-10(7-8)9(2)3-5-11/h4,6-7,9H,3,5,11H2,1-2H3. The number of rotatable bonds is 3. The molecule has 66 valence electrons. The van der Waals surface area contributed by atoms with E-state index in [1.54, 1.807) is 0 Å². The Morgan fingerprint density at radius 1 is 1.58 bits per heavy atom. The predicted molar refractivity (Wildman–Crippen MR) is 51.1 cm³/mol. The van der Waals surface area contributed by atoms with Crippen LogP contribution in [0.2, 0.25) is 0 Å². The lowest BCUT2D eigenvalue weighted by Gasteiger charge is -2.09. The van der Waals surface area contributed by atoms with Crippen molar-refractivity contribution in [2.75, 3.05) is 6.54 Å². The van der Waals surface area contributed by atoms with E-state index in [0.29, 0.717) is 5.92 Å². The second-order valence-electron chi connectivity index (χ2n) is 3.24. The molecule has 0 aromatic carbocycles. The minimum Gasteiger partial charge on any atom is -0.330 e. The molecule has 1 aromatic heterocycles. The van der Waals surface area contributed by atoms with Crippen LogP contribution in [-0.4, -0.2) is 11.5 Å². The van der Waals surface area contributed by atoms with Crippen LogP contribution in [-0.2, 0) is 0 Å². The Morgan fingerprint density at radius 3 is 2.92 bits per heavy atom. The zero-order chi connectivity index (χ0) is 8.97. The first-order valence-corrected chi connectivity index (χ1v) is 4.36. The topological polar surface area (TPSA) is 38.9 Å². The van der Waals surface area contributed by atoms with Crippen molar-refractivity contribution in [2.45, 2.75) is 26.2 Å². The quantitative estimate of drug-likeness (QED) is 0.740. The van der Waals surface area contributed by atoms with Crippen LogP contribution in [0.15, 0.2) is 18.3 Å². The zero-order valence-electron chi connectivity index (χ0n) is 7.75. The Hall–Kier alpha value is -0.890. The molecule has 0 amide bonds. The molecule has 0 saturated carbocycles. The molecule has 1 heterocycles. The number of aromatic nitrogens is 1. The molecule has 0 bridgehead atoms. The Morgan fingerprint density at radius 2 is 2.33 bits per heavy atom. The van der Waals surface area contributed by atoms with Gasteiger partial charge in [-0.3, -0.25) is 4.98 Å². The van der Waals surface area contributed by atoms with Gasteiger partial charge in [-0.25, -0.2) is 0 Å².